The average Bonchev–Trinajstić information content (AvgIpc) is 2.43. The van der Waals surface area contributed by atoms with Crippen molar-refractivity contribution in [3.05, 3.63) is 0 Å². The molecule has 0 spiro atoms. The summed E-state index contributed by atoms with van der Waals surface area (Å²) in [6.07, 6.45) is -1.39. The minimum absolute atomic E-state index is 0.0845. The van der Waals surface area contributed by atoms with Crippen LogP contribution in [0.4, 0.5) is 0 Å². The maximum Gasteiger partial charge on any atom is 0.304 e. The van der Waals surface area contributed by atoms with Crippen molar-refractivity contribution in [3.8, 4) is 0 Å². The Bertz CT molecular complexity index is 342. The normalized spacial score (nSPS) is 20.1. The molecule has 1 saturated heterocycles. The molecule has 0 aliphatic carbocycles. The molecule has 0 aromatic rings. The van der Waals surface area contributed by atoms with Crippen molar-refractivity contribution >= 4 is 36.2 Å². The van der Waals surface area contributed by atoms with E-state index < -0.39 is 29.1 Å². The van der Waals surface area contributed by atoms with Gasteiger partial charge in [0.2, 0.25) is 5.91 Å². The second kappa shape index (κ2) is 7.02. The van der Waals surface area contributed by atoms with Crippen LogP contribution in [0.25, 0.3) is 0 Å². The number of aliphatic hydroxyl groups is 1. The molecule has 0 aromatic carbocycles. The van der Waals surface area contributed by atoms with Gasteiger partial charge in [0.05, 0.1) is 18.1 Å². The summed E-state index contributed by atoms with van der Waals surface area (Å²) in [7, 11) is 0. The molecule has 1 heterocycles. The molecule has 0 radical (unpaired) electrons. The van der Waals surface area contributed by atoms with Gasteiger partial charge < -0.3 is 10.2 Å². The molecule has 8 heteroatoms. The first-order valence-corrected chi connectivity index (χ1v) is 5.17. The third-order valence-corrected chi connectivity index (χ3v) is 2.33. The Morgan fingerprint density at radius 2 is 2.06 bits per heavy atom. The number of carboxylic acid groups (broad SMARTS) is 1. The van der Waals surface area contributed by atoms with E-state index in [1.54, 1.807) is 0 Å². The Morgan fingerprint density at radius 3 is 2.18 bits per heavy atom. The number of hydrogen-bond acceptors (Lipinski definition) is 6. The lowest BCUT2D eigenvalue weighted by atomic mass is 10.2. The number of aliphatic carboxylic acids is 1. The van der Waals surface area contributed by atoms with Gasteiger partial charge in [0.1, 0.15) is 11.9 Å². The third-order valence-electron chi connectivity index (χ3n) is 1.78. The molecule has 0 bridgehead atoms. The fourth-order valence-electron chi connectivity index (χ4n) is 0.849. The molecule has 3 N–H and O–H groups in total. The monoisotopic (exact) mass is 263 g/mol. The molecule has 7 nitrogen and oxygen atoms in total. The van der Waals surface area contributed by atoms with E-state index in [9.17, 15) is 19.2 Å². The molecule has 96 valence electrons. The van der Waals surface area contributed by atoms with Gasteiger partial charge in [-0.1, -0.05) is 0 Å². The van der Waals surface area contributed by atoms with Gasteiger partial charge in [-0.2, -0.15) is 12.6 Å². The van der Waals surface area contributed by atoms with Crippen LogP contribution in [-0.4, -0.2) is 45.1 Å². The number of hydrogen-bond donors (Lipinski definition) is 4. The number of carbonyl (C=O) groups excluding carboxylic acids is 3. The fraction of sp³-hybridized carbons (Fsp3) is 0.556. The fourth-order valence-corrected chi connectivity index (χ4v) is 1.01. The lowest BCUT2D eigenvalue weighted by Crippen LogP contribution is -2.24. The average molecular weight is 263 g/mol. The summed E-state index contributed by atoms with van der Waals surface area (Å²) < 4.78 is 0. The summed E-state index contributed by atoms with van der Waals surface area (Å²) in [5.74, 6) is -2.19. The van der Waals surface area contributed by atoms with Gasteiger partial charge in [-0.05, 0) is 6.92 Å². The van der Waals surface area contributed by atoms with E-state index in [0.29, 0.717) is 0 Å². The van der Waals surface area contributed by atoms with Crippen molar-refractivity contribution in [2.24, 2.45) is 0 Å². The Morgan fingerprint density at radius 1 is 1.53 bits per heavy atom. The number of carbonyl (C=O) groups is 4. The van der Waals surface area contributed by atoms with Crippen molar-refractivity contribution in [2.45, 2.75) is 31.1 Å². The van der Waals surface area contributed by atoms with Crippen LogP contribution in [-0.2, 0) is 19.2 Å². The number of aliphatic hydroxyl groups excluding tert-OH is 1. The Hall–Kier alpha value is -1.41. The zero-order valence-electron chi connectivity index (χ0n) is 9.04. The van der Waals surface area contributed by atoms with E-state index in [2.05, 4.69) is 12.6 Å². The zero-order chi connectivity index (χ0) is 13.6. The highest BCUT2D eigenvalue weighted by atomic mass is 32.1. The van der Waals surface area contributed by atoms with Gasteiger partial charge in [-0.3, -0.25) is 24.5 Å². The summed E-state index contributed by atoms with van der Waals surface area (Å²) in [5.41, 5.74) is 0. The molecular formula is C9H13NO6S. The first-order chi connectivity index (χ1) is 7.73. The highest BCUT2D eigenvalue weighted by Crippen LogP contribution is 2.01. The summed E-state index contributed by atoms with van der Waals surface area (Å²) in [5, 5.41) is 18.0. The van der Waals surface area contributed by atoms with Crippen LogP contribution in [0.3, 0.4) is 0 Å². The van der Waals surface area contributed by atoms with E-state index in [-0.39, 0.29) is 18.6 Å². The van der Waals surface area contributed by atoms with E-state index >= 15 is 0 Å². The molecule has 0 aromatic heterocycles. The second-order valence-electron chi connectivity index (χ2n) is 3.36. The van der Waals surface area contributed by atoms with E-state index in [4.69, 9.17) is 10.2 Å². The summed E-state index contributed by atoms with van der Waals surface area (Å²) in [6.45, 7) is 1.32. The van der Waals surface area contributed by atoms with Crippen LogP contribution in [0.15, 0.2) is 0 Å². The number of nitrogens with one attached hydrogen (secondary N) is 1. The quantitative estimate of drug-likeness (QED) is 0.372. The number of ketones is 1. The second-order valence-corrected chi connectivity index (χ2v) is 3.98. The van der Waals surface area contributed by atoms with Crippen molar-refractivity contribution in [2.75, 3.05) is 0 Å². The van der Waals surface area contributed by atoms with E-state index in [1.165, 1.54) is 6.92 Å². The number of rotatable bonds is 3. The summed E-state index contributed by atoms with van der Waals surface area (Å²) in [4.78, 5) is 40.6. The molecule has 17 heavy (non-hydrogen) atoms. The molecule has 2 atom stereocenters. The van der Waals surface area contributed by atoms with Gasteiger partial charge in [0.15, 0.2) is 0 Å². The molecule has 1 aliphatic rings. The molecule has 2 unspecified atom stereocenters. The van der Waals surface area contributed by atoms with Gasteiger partial charge in [-0.25, -0.2) is 0 Å². The van der Waals surface area contributed by atoms with Crippen LogP contribution in [0.5, 0.6) is 0 Å². The maximum atomic E-state index is 10.3. The number of Topliss-reactive ketones (excluding diaryl/α,β-unsaturated/α-hetero) is 1. The number of thiol groups is 1. The lowest BCUT2D eigenvalue weighted by molar-refractivity contribution is -0.138. The summed E-state index contributed by atoms with van der Waals surface area (Å²) in [6, 6.07) is 0. The minimum atomic E-state index is -1.11. The molecular weight excluding hydrogens is 250 g/mol. The topological polar surface area (TPSA) is 121 Å². The van der Waals surface area contributed by atoms with Crippen molar-refractivity contribution in [3.63, 3.8) is 0 Å². The predicted molar refractivity (Wildman–Crippen MR) is 59.5 cm³/mol. The smallest absolute Gasteiger partial charge is 0.304 e. The number of carboxylic acids is 1. The highest BCUT2D eigenvalue weighted by Gasteiger charge is 2.27. The standard InChI is InChI=1S/C5H8O3S.C4H5NO3/c1-3(6)4(9)2-5(7)8;6-2-1-3(7)5-4(2)8/h4,9H,2H2,1H3,(H,7,8);2,6H,1H2,(H,5,7,8). The van der Waals surface area contributed by atoms with Crippen LogP contribution in [0.1, 0.15) is 19.8 Å². The molecule has 1 fully saturated rings. The first kappa shape index (κ1) is 15.6. The van der Waals surface area contributed by atoms with Crippen molar-refractivity contribution < 1.29 is 29.4 Å². The zero-order valence-corrected chi connectivity index (χ0v) is 9.94. The van der Waals surface area contributed by atoms with Gasteiger partial charge in [-0.15, -0.1) is 0 Å². The van der Waals surface area contributed by atoms with Gasteiger partial charge >= 0.3 is 5.97 Å². The van der Waals surface area contributed by atoms with E-state index in [0.717, 1.165) is 0 Å². The Kier molecular flexibility index (Phi) is 6.44. The largest absolute Gasteiger partial charge is 0.481 e. The minimum Gasteiger partial charge on any atom is -0.481 e. The van der Waals surface area contributed by atoms with Crippen LogP contribution in [0.2, 0.25) is 0 Å². The molecule has 2 amide bonds. The van der Waals surface area contributed by atoms with Crippen molar-refractivity contribution in [1.82, 2.24) is 5.32 Å². The first-order valence-electron chi connectivity index (χ1n) is 4.66. The van der Waals surface area contributed by atoms with Crippen LogP contribution >= 0.6 is 12.6 Å². The number of imide groups is 1. The highest BCUT2D eigenvalue weighted by molar-refractivity contribution is 7.81. The predicted octanol–water partition coefficient (Wildman–Crippen LogP) is -1.26. The van der Waals surface area contributed by atoms with Crippen LogP contribution < -0.4 is 5.32 Å². The lowest BCUT2D eigenvalue weighted by Gasteiger charge is -1.99. The van der Waals surface area contributed by atoms with Crippen LogP contribution in [0, 0.1) is 0 Å². The molecule has 1 rings (SSSR count). The van der Waals surface area contributed by atoms with E-state index in [1.807, 2.05) is 5.32 Å². The van der Waals surface area contributed by atoms with Gasteiger partial charge in [0, 0.05) is 0 Å². The Balaban J connectivity index is 0.000000302. The Labute approximate surface area is 103 Å². The third kappa shape index (κ3) is 6.69. The SMILES string of the molecule is CC(=O)C(S)CC(=O)O.O=C1CC(O)C(=O)N1. The summed E-state index contributed by atoms with van der Waals surface area (Å²) >= 11 is 3.73. The van der Waals surface area contributed by atoms with Gasteiger partial charge in [0.25, 0.3) is 5.91 Å². The molecule has 0 saturated carbocycles. The van der Waals surface area contributed by atoms with Crippen molar-refractivity contribution in [1.29, 1.82) is 0 Å². The maximum absolute atomic E-state index is 10.3. The molecule has 1 aliphatic heterocycles. The number of amides is 2.